The van der Waals surface area contributed by atoms with Gasteiger partial charge in [0.05, 0.1) is 23.7 Å². The van der Waals surface area contributed by atoms with Gasteiger partial charge in [-0.1, -0.05) is 18.1 Å². The van der Waals surface area contributed by atoms with Crippen molar-refractivity contribution < 1.29 is 14.1 Å². The van der Waals surface area contributed by atoms with Gasteiger partial charge in [-0.15, -0.1) is 11.3 Å². The Bertz CT molecular complexity index is 525. The molecule has 0 aromatic carbocycles. The normalized spacial score (nSPS) is 12.3. The summed E-state index contributed by atoms with van der Waals surface area (Å²) in [6, 6.07) is 3.90. The largest absolute Gasteiger partial charge is 0.469 e. The lowest BCUT2D eigenvalue weighted by Gasteiger charge is -2.06. The van der Waals surface area contributed by atoms with E-state index in [0.717, 1.165) is 4.88 Å². The number of carbonyl (C=O) groups excluding carboxylic acids is 1. The maximum Gasteiger partial charge on any atom is 0.309 e. The van der Waals surface area contributed by atoms with Crippen molar-refractivity contribution in [2.75, 3.05) is 12.9 Å². The number of methoxy groups -OCH3 is 1. The van der Waals surface area contributed by atoms with E-state index in [-0.39, 0.29) is 11.9 Å². The molecule has 0 aliphatic carbocycles. The Kier molecular flexibility index (Phi) is 4.98. The highest BCUT2D eigenvalue weighted by atomic mass is 32.2. The summed E-state index contributed by atoms with van der Waals surface area (Å²) in [4.78, 5) is 16.5. The Balaban J connectivity index is 1.83. The molecule has 0 bridgehead atoms. The number of nitrogens with zero attached hydrogens (tertiary/aromatic N) is 2. The fourth-order valence-corrected chi connectivity index (χ4v) is 2.96. The van der Waals surface area contributed by atoms with Crippen LogP contribution in [0.4, 0.5) is 0 Å². The first kappa shape index (κ1) is 14.1. The zero-order chi connectivity index (χ0) is 13.7. The first-order chi connectivity index (χ1) is 9.20. The number of thiophene rings is 1. The van der Waals surface area contributed by atoms with Crippen LogP contribution in [0.2, 0.25) is 0 Å². The number of ether oxygens (including phenoxy) is 1. The molecule has 0 amide bonds. The van der Waals surface area contributed by atoms with E-state index in [4.69, 9.17) is 4.52 Å². The maximum absolute atomic E-state index is 11.2. The zero-order valence-corrected chi connectivity index (χ0v) is 12.3. The van der Waals surface area contributed by atoms with Gasteiger partial charge < -0.3 is 9.26 Å². The summed E-state index contributed by atoms with van der Waals surface area (Å²) in [5.74, 6) is 2.13. The second kappa shape index (κ2) is 6.72. The molecule has 0 saturated carbocycles. The van der Waals surface area contributed by atoms with E-state index in [1.807, 2.05) is 24.4 Å². The van der Waals surface area contributed by atoms with Crippen LogP contribution < -0.4 is 0 Å². The van der Waals surface area contributed by atoms with E-state index in [0.29, 0.717) is 23.2 Å². The van der Waals surface area contributed by atoms with Gasteiger partial charge in [0.1, 0.15) is 0 Å². The molecule has 1 atom stereocenters. The molecule has 0 aliphatic heterocycles. The van der Waals surface area contributed by atoms with Crippen LogP contribution in [0.25, 0.3) is 10.7 Å². The average Bonchev–Trinajstić information content (AvgIpc) is 3.07. The Morgan fingerprint density at radius 1 is 1.63 bits per heavy atom. The van der Waals surface area contributed by atoms with Crippen LogP contribution in [0, 0.1) is 5.92 Å². The van der Waals surface area contributed by atoms with Crippen molar-refractivity contribution in [1.29, 1.82) is 0 Å². The Morgan fingerprint density at radius 3 is 3.16 bits per heavy atom. The van der Waals surface area contributed by atoms with Crippen molar-refractivity contribution in [2.24, 2.45) is 5.92 Å². The van der Waals surface area contributed by atoms with Gasteiger partial charge in [0.2, 0.25) is 11.7 Å². The number of rotatable bonds is 6. The van der Waals surface area contributed by atoms with Gasteiger partial charge in [-0.3, -0.25) is 4.79 Å². The van der Waals surface area contributed by atoms with Gasteiger partial charge >= 0.3 is 5.97 Å². The van der Waals surface area contributed by atoms with E-state index in [1.54, 1.807) is 23.1 Å². The third-order valence-electron chi connectivity index (χ3n) is 2.41. The van der Waals surface area contributed by atoms with Gasteiger partial charge in [-0.2, -0.15) is 16.7 Å². The van der Waals surface area contributed by atoms with Gasteiger partial charge in [0.15, 0.2) is 0 Å². The van der Waals surface area contributed by atoms with Crippen LogP contribution in [0.1, 0.15) is 12.8 Å². The predicted molar refractivity (Wildman–Crippen MR) is 75.0 cm³/mol. The molecule has 7 heteroatoms. The first-order valence-corrected chi connectivity index (χ1v) is 7.76. The molecular weight excluding hydrogens is 284 g/mol. The van der Waals surface area contributed by atoms with E-state index in [2.05, 4.69) is 14.9 Å². The average molecular weight is 298 g/mol. The van der Waals surface area contributed by atoms with Gasteiger partial charge in [-0.05, 0) is 11.4 Å². The lowest BCUT2D eigenvalue weighted by Crippen LogP contribution is -2.14. The standard InChI is InChI=1S/C12H14N2O3S2/c1-8(12(15)16-2)6-18-7-10-13-11(14-17-10)9-4-3-5-19-9/h3-5,8H,6-7H2,1-2H3. The summed E-state index contributed by atoms with van der Waals surface area (Å²) in [6.45, 7) is 1.84. The Hall–Kier alpha value is -1.34. The second-order valence-corrected chi connectivity index (χ2v) is 5.91. The molecule has 0 aliphatic rings. The highest BCUT2D eigenvalue weighted by Gasteiger charge is 2.14. The zero-order valence-electron chi connectivity index (χ0n) is 10.7. The molecular formula is C12H14N2O3S2. The van der Waals surface area contributed by atoms with Crippen LogP contribution in [0.5, 0.6) is 0 Å². The van der Waals surface area contributed by atoms with E-state index < -0.39 is 0 Å². The predicted octanol–water partition coefficient (Wildman–Crippen LogP) is 2.84. The molecule has 19 heavy (non-hydrogen) atoms. The van der Waals surface area contributed by atoms with Crippen molar-refractivity contribution in [3.63, 3.8) is 0 Å². The number of hydrogen-bond acceptors (Lipinski definition) is 7. The van der Waals surface area contributed by atoms with E-state index >= 15 is 0 Å². The minimum atomic E-state index is -0.197. The Morgan fingerprint density at radius 2 is 2.47 bits per heavy atom. The molecule has 2 aromatic rings. The summed E-state index contributed by atoms with van der Waals surface area (Å²) < 4.78 is 9.83. The number of carbonyl (C=O) groups is 1. The molecule has 5 nitrogen and oxygen atoms in total. The summed E-state index contributed by atoms with van der Waals surface area (Å²) in [5.41, 5.74) is 0. The summed E-state index contributed by atoms with van der Waals surface area (Å²) in [5, 5.41) is 5.90. The van der Waals surface area contributed by atoms with Crippen molar-refractivity contribution in [1.82, 2.24) is 10.1 Å². The van der Waals surface area contributed by atoms with Gasteiger partial charge in [0, 0.05) is 5.75 Å². The fourth-order valence-electron chi connectivity index (χ4n) is 1.41. The topological polar surface area (TPSA) is 65.2 Å². The van der Waals surface area contributed by atoms with Crippen molar-refractivity contribution in [3.05, 3.63) is 23.4 Å². The first-order valence-electron chi connectivity index (χ1n) is 5.72. The van der Waals surface area contributed by atoms with Crippen molar-refractivity contribution in [3.8, 4) is 10.7 Å². The minimum Gasteiger partial charge on any atom is -0.469 e. The van der Waals surface area contributed by atoms with Crippen LogP contribution in [-0.2, 0) is 15.3 Å². The quantitative estimate of drug-likeness (QED) is 0.764. The molecule has 102 valence electrons. The number of hydrogen-bond donors (Lipinski definition) is 0. The highest BCUT2D eigenvalue weighted by molar-refractivity contribution is 7.98. The van der Waals surface area contributed by atoms with E-state index in [9.17, 15) is 4.79 Å². The molecule has 0 radical (unpaired) electrons. The monoisotopic (exact) mass is 298 g/mol. The molecule has 0 spiro atoms. The summed E-state index contributed by atoms with van der Waals surface area (Å²) in [6.07, 6.45) is 0. The molecule has 2 aromatic heterocycles. The number of aromatic nitrogens is 2. The molecule has 0 fully saturated rings. The van der Waals surface area contributed by atoms with E-state index in [1.165, 1.54) is 7.11 Å². The van der Waals surface area contributed by atoms with Crippen LogP contribution in [-0.4, -0.2) is 29.0 Å². The lowest BCUT2D eigenvalue weighted by molar-refractivity contribution is -0.143. The molecule has 0 N–H and O–H groups in total. The molecule has 1 unspecified atom stereocenters. The lowest BCUT2D eigenvalue weighted by atomic mass is 10.2. The maximum atomic E-state index is 11.2. The SMILES string of the molecule is COC(=O)C(C)CSCc1nc(-c2cccs2)no1. The minimum absolute atomic E-state index is 0.130. The molecule has 2 rings (SSSR count). The van der Waals surface area contributed by atoms with Crippen molar-refractivity contribution in [2.45, 2.75) is 12.7 Å². The third kappa shape index (κ3) is 3.81. The van der Waals surface area contributed by atoms with Crippen LogP contribution in [0.3, 0.4) is 0 Å². The summed E-state index contributed by atoms with van der Waals surface area (Å²) >= 11 is 3.15. The smallest absolute Gasteiger partial charge is 0.309 e. The fraction of sp³-hybridized carbons (Fsp3) is 0.417. The molecule has 2 heterocycles. The summed E-state index contributed by atoms with van der Waals surface area (Å²) in [7, 11) is 1.40. The van der Waals surface area contributed by atoms with Gasteiger partial charge in [-0.25, -0.2) is 0 Å². The second-order valence-electron chi connectivity index (χ2n) is 3.93. The van der Waals surface area contributed by atoms with Crippen LogP contribution in [0.15, 0.2) is 22.0 Å². The number of thioether (sulfide) groups is 1. The van der Waals surface area contributed by atoms with Crippen molar-refractivity contribution >= 4 is 29.1 Å². The third-order valence-corrected chi connectivity index (χ3v) is 4.46. The number of esters is 1. The Labute approximate surface area is 119 Å². The van der Waals surface area contributed by atoms with Gasteiger partial charge in [0.25, 0.3) is 0 Å². The highest BCUT2D eigenvalue weighted by Crippen LogP contribution is 2.23. The molecule has 0 saturated heterocycles. The van der Waals surface area contributed by atoms with Crippen LogP contribution >= 0.6 is 23.1 Å².